The van der Waals surface area contributed by atoms with Crippen molar-refractivity contribution in [3.63, 3.8) is 0 Å². The molecule has 12 heteroatoms. The molecule has 1 saturated heterocycles. The zero-order valence-corrected chi connectivity index (χ0v) is 22.9. The van der Waals surface area contributed by atoms with E-state index in [1.807, 2.05) is 48.5 Å². The van der Waals surface area contributed by atoms with Crippen LogP contribution < -0.4 is 10.8 Å². The topological polar surface area (TPSA) is 159 Å². The molecular formula is C28H35N5O6S. The summed E-state index contributed by atoms with van der Waals surface area (Å²) in [6.07, 6.45) is 4.00. The Morgan fingerprint density at radius 3 is 2.33 bits per heavy atom. The molecule has 1 aliphatic heterocycles. The standard InChI is InChI=1S/C28H35N5O6S/c34-16-20-8-10-21(11-9-20)24-14-23(17-40-28-30-18-31-32-28)38-27(39-24)22-12-6-19(7-13-22)15-29-25(35)4-2-1-3-5-26(36)33-37/h6-13,18,23-24,27,34,37H,1-5,14-17H2,(H,29,35)(H,33,36)(H,30,31,32)/t23-,24+,27+/m1/s1. The van der Waals surface area contributed by atoms with Crippen molar-refractivity contribution in [2.75, 3.05) is 5.75 Å². The van der Waals surface area contributed by atoms with E-state index in [1.165, 1.54) is 6.33 Å². The first-order valence-electron chi connectivity index (χ1n) is 13.3. The molecule has 2 amide bonds. The van der Waals surface area contributed by atoms with Crippen molar-refractivity contribution in [2.24, 2.45) is 0 Å². The summed E-state index contributed by atoms with van der Waals surface area (Å²) in [6, 6.07) is 15.6. The third-order valence-corrected chi connectivity index (χ3v) is 7.60. The summed E-state index contributed by atoms with van der Waals surface area (Å²) in [5.41, 5.74) is 5.32. The lowest BCUT2D eigenvalue weighted by Crippen LogP contribution is -2.31. The van der Waals surface area contributed by atoms with Gasteiger partial charge in [-0.25, -0.2) is 10.5 Å². The lowest BCUT2D eigenvalue weighted by Gasteiger charge is -2.36. The second-order valence-electron chi connectivity index (χ2n) is 9.57. The van der Waals surface area contributed by atoms with Crippen LogP contribution in [0.25, 0.3) is 0 Å². The molecule has 1 aliphatic rings. The van der Waals surface area contributed by atoms with Crippen molar-refractivity contribution in [1.82, 2.24) is 26.0 Å². The second kappa shape index (κ2) is 15.5. The second-order valence-corrected chi connectivity index (χ2v) is 10.6. The molecule has 0 spiro atoms. The highest BCUT2D eigenvalue weighted by Crippen LogP contribution is 2.39. The molecule has 4 rings (SSSR count). The van der Waals surface area contributed by atoms with E-state index >= 15 is 0 Å². The predicted molar refractivity (Wildman–Crippen MR) is 147 cm³/mol. The number of thioether (sulfide) groups is 1. The minimum Gasteiger partial charge on any atom is -0.392 e. The Hall–Kier alpha value is -3.29. The fourth-order valence-corrected chi connectivity index (χ4v) is 5.14. The van der Waals surface area contributed by atoms with E-state index in [4.69, 9.17) is 14.7 Å². The summed E-state index contributed by atoms with van der Waals surface area (Å²) in [5, 5.41) is 28.3. The number of nitrogens with one attached hydrogen (secondary N) is 3. The number of aliphatic hydroxyl groups excluding tert-OH is 1. The quantitative estimate of drug-likeness (QED) is 0.0844. The van der Waals surface area contributed by atoms with Gasteiger partial charge in [0.05, 0.1) is 18.8 Å². The number of aromatic amines is 1. The number of hydrogen-bond donors (Lipinski definition) is 5. The molecular weight excluding hydrogens is 534 g/mol. The van der Waals surface area contributed by atoms with Gasteiger partial charge < -0.3 is 19.9 Å². The SMILES string of the molecule is O=C(CCCCCC(=O)NCc1ccc([C@H]2O[C@@H](CSc3ncn[nH]3)C[C@@H](c3ccc(CO)cc3)O2)cc1)NO. The summed E-state index contributed by atoms with van der Waals surface area (Å²) in [7, 11) is 0. The Kier molecular flexibility index (Phi) is 11.5. The molecule has 0 saturated carbocycles. The third-order valence-electron chi connectivity index (χ3n) is 6.59. The first-order valence-corrected chi connectivity index (χ1v) is 14.3. The number of unbranched alkanes of at least 4 members (excludes halogenated alkanes) is 2. The molecule has 1 aromatic heterocycles. The maximum atomic E-state index is 12.2. The van der Waals surface area contributed by atoms with Crippen LogP contribution in [-0.4, -0.2) is 49.2 Å². The number of amides is 2. The normalized spacial score (nSPS) is 18.8. The number of hydrogen-bond acceptors (Lipinski definition) is 9. The lowest BCUT2D eigenvalue weighted by atomic mass is 10.0. The minimum atomic E-state index is -0.562. The van der Waals surface area contributed by atoms with Crippen LogP contribution in [-0.2, 0) is 32.2 Å². The van der Waals surface area contributed by atoms with Crippen molar-refractivity contribution >= 4 is 23.6 Å². The maximum absolute atomic E-state index is 12.2. The van der Waals surface area contributed by atoms with Crippen LogP contribution in [0.1, 0.15) is 73.2 Å². The van der Waals surface area contributed by atoms with Gasteiger partial charge >= 0.3 is 0 Å². The van der Waals surface area contributed by atoms with Crippen molar-refractivity contribution < 1.29 is 29.4 Å². The molecule has 3 aromatic rings. The summed E-state index contributed by atoms with van der Waals surface area (Å²) < 4.78 is 12.7. The van der Waals surface area contributed by atoms with E-state index in [2.05, 4.69) is 20.5 Å². The summed E-state index contributed by atoms with van der Waals surface area (Å²) in [6.45, 7) is 0.404. The minimum absolute atomic E-state index is 0.00764. The average Bonchev–Trinajstić information content (AvgIpc) is 3.53. The van der Waals surface area contributed by atoms with E-state index in [9.17, 15) is 14.7 Å². The predicted octanol–water partition coefficient (Wildman–Crippen LogP) is 3.71. The fraction of sp³-hybridized carbons (Fsp3) is 0.429. The number of nitrogens with zero attached hydrogens (tertiary/aromatic N) is 2. The van der Waals surface area contributed by atoms with Gasteiger partial charge in [-0.05, 0) is 29.5 Å². The molecule has 214 valence electrons. The molecule has 1 fully saturated rings. The molecule has 0 radical (unpaired) electrons. The first-order chi connectivity index (χ1) is 19.5. The van der Waals surface area contributed by atoms with Crippen LogP contribution in [0.4, 0.5) is 0 Å². The van der Waals surface area contributed by atoms with Gasteiger partial charge in [-0.2, -0.15) is 5.10 Å². The van der Waals surface area contributed by atoms with E-state index < -0.39 is 12.2 Å². The van der Waals surface area contributed by atoms with E-state index in [1.54, 1.807) is 17.2 Å². The molecule has 40 heavy (non-hydrogen) atoms. The van der Waals surface area contributed by atoms with Gasteiger partial charge in [0, 0.05) is 37.1 Å². The highest BCUT2D eigenvalue weighted by molar-refractivity contribution is 7.99. The molecule has 0 aliphatic carbocycles. The maximum Gasteiger partial charge on any atom is 0.243 e. The van der Waals surface area contributed by atoms with Gasteiger partial charge in [-0.15, -0.1) is 0 Å². The van der Waals surface area contributed by atoms with Crippen LogP contribution >= 0.6 is 11.8 Å². The van der Waals surface area contributed by atoms with Gasteiger partial charge in [0.2, 0.25) is 11.8 Å². The number of carbonyl (C=O) groups is 2. The van der Waals surface area contributed by atoms with Crippen LogP contribution in [0.15, 0.2) is 60.0 Å². The number of rotatable bonds is 14. The van der Waals surface area contributed by atoms with Crippen LogP contribution in [0, 0.1) is 0 Å². The largest absolute Gasteiger partial charge is 0.392 e. The van der Waals surface area contributed by atoms with Gasteiger partial charge in [0.15, 0.2) is 11.4 Å². The van der Waals surface area contributed by atoms with Gasteiger partial charge in [-0.1, -0.05) is 66.7 Å². The van der Waals surface area contributed by atoms with Crippen molar-refractivity contribution in [3.05, 3.63) is 77.1 Å². The van der Waals surface area contributed by atoms with Crippen molar-refractivity contribution in [3.8, 4) is 0 Å². The highest BCUT2D eigenvalue weighted by atomic mass is 32.2. The van der Waals surface area contributed by atoms with Crippen LogP contribution in [0.5, 0.6) is 0 Å². The molecule has 0 bridgehead atoms. The molecule has 2 aromatic carbocycles. The number of H-pyrrole nitrogens is 1. The number of aromatic nitrogens is 3. The Balaban J connectivity index is 1.31. The number of hydroxylamine groups is 1. The van der Waals surface area contributed by atoms with Gasteiger partial charge in [-0.3, -0.25) is 19.9 Å². The van der Waals surface area contributed by atoms with Crippen LogP contribution in [0.2, 0.25) is 0 Å². The Bertz CT molecular complexity index is 1190. The van der Waals surface area contributed by atoms with Crippen molar-refractivity contribution in [2.45, 2.75) is 75.3 Å². The highest BCUT2D eigenvalue weighted by Gasteiger charge is 2.32. The summed E-state index contributed by atoms with van der Waals surface area (Å²) in [5.74, 6) is 0.223. The monoisotopic (exact) mass is 569 g/mol. The number of carbonyl (C=O) groups excluding carboxylic acids is 2. The molecule has 11 nitrogen and oxygen atoms in total. The van der Waals surface area contributed by atoms with Crippen LogP contribution in [0.3, 0.4) is 0 Å². The number of benzene rings is 2. The molecule has 0 unspecified atom stereocenters. The molecule has 3 atom stereocenters. The first kappa shape index (κ1) is 29.7. The van der Waals surface area contributed by atoms with E-state index in [0.29, 0.717) is 38.0 Å². The Labute approximate surface area is 237 Å². The zero-order chi connectivity index (χ0) is 28.2. The summed E-state index contributed by atoms with van der Waals surface area (Å²) in [4.78, 5) is 27.4. The average molecular weight is 570 g/mol. The molecule has 2 heterocycles. The van der Waals surface area contributed by atoms with Gasteiger partial charge in [0.25, 0.3) is 0 Å². The third kappa shape index (κ3) is 9.14. The van der Waals surface area contributed by atoms with E-state index in [-0.39, 0.29) is 31.1 Å². The molecule has 5 N–H and O–H groups in total. The van der Waals surface area contributed by atoms with Crippen molar-refractivity contribution in [1.29, 1.82) is 0 Å². The Morgan fingerprint density at radius 1 is 0.950 bits per heavy atom. The number of aliphatic hydroxyl groups is 1. The van der Waals surface area contributed by atoms with Gasteiger partial charge in [0.1, 0.15) is 6.33 Å². The Morgan fingerprint density at radius 2 is 1.65 bits per heavy atom. The summed E-state index contributed by atoms with van der Waals surface area (Å²) >= 11 is 1.55. The zero-order valence-electron chi connectivity index (χ0n) is 22.1. The van der Waals surface area contributed by atoms with E-state index in [0.717, 1.165) is 33.8 Å². The smallest absolute Gasteiger partial charge is 0.243 e. The fourth-order valence-electron chi connectivity index (χ4n) is 4.34. The lowest BCUT2D eigenvalue weighted by molar-refractivity contribution is -0.245. The number of ether oxygens (including phenoxy) is 2.